The summed E-state index contributed by atoms with van der Waals surface area (Å²) >= 11 is 0. The second kappa shape index (κ2) is 11.4. The van der Waals surface area contributed by atoms with Crippen molar-refractivity contribution in [2.75, 3.05) is 43.5 Å². The van der Waals surface area contributed by atoms with Gasteiger partial charge in [0.2, 0.25) is 11.8 Å². The van der Waals surface area contributed by atoms with Crippen LogP contribution in [0.3, 0.4) is 0 Å². The van der Waals surface area contributed by atoms with Crippen LogP contribution in [-0.4, -0.2) is 54.5 Å². The van der Waals surface area contributed by atoms with Crippen molar-refractivity contribution < 1.29 is 18.7 Å². The summed E-state index contributed by atoms with van der Waals surface area (Å²) in [5.74, 6) is -0.968. The molecule has 0 aliphatic carbocycles. The van der Waals surface area contributed by atoms with Gasteiger partial charge < -0.3 is 15.4 Å². The molecule has 0 unspecified atom stereocenters. The van der Waals surface area contributed by atoms with Gasteiger partial charge in [0.15, 0.2) is 0 Å². The zero-order valence-corrected chi connectivity index (χ0v) is 16.9. The van der Waals surface area contributed by atoms with Crippen molar-refractivity contribution >= 4 is 23.2 Å². The largest absolute Gasteiger partial charge is 0.379 e. The molecule has 1 aromatic carbocycles. The number of aryl methyl sites for hydroxylation is 1. The molecule has 7 nitrogen and oxygen atoms in total. The van der Waals surface area contributed by atoms with Crippen LogP contribution in [0.1, 0.15) is 25.0 Å². The second-order valence-corrected chi connectivity index (χ2v) is 7.17. The fourth-order valence-electron chi connectivity index (χ4n) is 3.20. The quantitative estimate of drug-likeness (QED) is 0.659. The van der Waals surface area contributed by atoms with Crippen LogP contribution in [0.5, 0.6) is 0 Å². The predicted octanol–water partition coefficient (Wildman–Crippen LogP) is 2.84. The van der Waals surface area contributed by atoms with Gasteiger partial charge in [0.25, 0.3) is 0 Å². The SMILES string of the molecule is O=C(CCCc1ccccn1)Nc1ccc(F)c(NC(=O)CCN2CCOCC2)c1. The highest BCUT2D eigenvalue weighted by Crippen LogP contribution is 2.20. The van der Waals surface area contributed by atoms with Crippen molar-refractivity contribution in [1.82, 2.24) is 9.88 Å². The van der Waals surface area contributed by atoms with E-state index in [1.54, 1.807) is 6.20 Å². The predicted molar refractivity (Wildman–Crippen MR) is 113 cm³/mol. The average molecular weight is 414 g/mol. The maximum Gasteiger partial charge on any atom is 0.225 e. The summed E-state index contributed by atoms with van der Waals surface area (Å²) in [4.78, 5) is 30.7. The molecular weight excluding hydrogens is 387 g/mol. The van der Waals surface area contributed by atoms with Gasteiger partial charge in [-0.2, -0.15) is 0 Å². The Hall–Kier alpha value is -2.84. The molecule has 1 aromatic heterocycles. The monoisotopic (exact) mass is 414 g/mol. The van der Waals surface area contributed by atoms with Crippen molar-refractivity contribution in [2.24, 2.45) is 0 Å². The Balaban J connectivity index is 1.45. The summed E-state index contributed by atoms with van der Waals surface area (Å²) in [6.07, 6.45) is 3.70. The lowest BCUT2D eigenvalue weighted by Crippen LogP contribution is -2.38. The summed E-state index contributed by atoms with van der Waals surface area (Å²) in [5, 5.41) is 5.35. The van der Waals surface area contributed by atoms with Gasteiger partial charge in [-0.1, -0.05) is 6.07 Å². The molecule has 1 aliphatic heterocycles. The maximum atomic E-state index is 14.1. The maximum absolute atomic E-state index is 14.1. The summed E-state index contributed by atoms with van der Waals surface area (Å²) in [7, 11) is 0. The molecule has 1 fully saturated rings. The topological polar surface area (TPSA) is 83.6 Å². The lowest BCUT2D eigenvalue weighted by molar-refractivity contribution is -0.117. The Labute approximate surface area is 175 Å². The number of nitrogens with one attached hydrogen (secondary N) is 2. The molecule has 2 aromatic rings. The van der Waals surface area contributed by atoms with Gasteiger partial charge in [0.05, 0.1) is 18.9 Å². The number of carbonyl (C=O) groups is 2. The van der Waals surface area contributed by atoms with E-state index in [4.69, 9.17) is 4.74 Å². The third kappa shape index (κ3) is 7.20. The van der Waals surface area contributed by atoms with Crippen molar-refractivity contribution in [3.8, 4) is 0 Å². The first-order chi connectivity index (χ1) is 14.6. The van der Waals surface area contributed by atoms with E-state index in [1.807, 2.05) is 18.2 Å². The molecule has 2 N–H and O–H groups in total. The van der Waals surface area contributed by atoms with Gasteiger partial charge in [-0.25, -0.2) is 4.39 Å². The Bertz CT molecular complexity index is 842. The van der Waals surface area contributed by atoms with Crippen LogP contribution in [0.15, 0.2) is 42.6 Å². The van der Waals surface area contributed by atoms with Gasteiger partial charge in [-0.05, 0) is 43.2 Å². The minimum Gasteiger partial charge on any atom is -0.379 e. The van der Waals surface area contributed by atoms with Crippen molar-refractivity contribution in [2.45, 2.75) is 25.7 Å². The molecule has 0 atom stereocenters. The number of hydrogen-bond acceptors (Lipinski definition) is 5. The third-order valence-electron chi connectivity index (χ3n) is 4.85. The van der Waals surface area contributed by atoms with Crippen LogP contribution >= 0.6 is 0 Å². The van der Waals surface area contributed by atoms with Crippen molar-refractivity contribution in [1.29, 1.82) is 0 Å². The number of amides is 2. The highest BCUT2D eigenvalue weighted by atomic mass is 19.1. The van der Waals surface area contributed by atoms with E-state index in [2.05, 4.69) is 20.5 Å². The Morgan fingerprint density at radius 1 is 1.07 bits per heavy atom. The number of aromatic nitrogens is 1. The van der Waals surface area contributed by atoms with Gasteiger partial charge in [0, 0.05) is 50.1 Å². The molecule has 0 saturated carbocycles. The average Bonchev–Trinajstić information content (AvgIpc) is 2.76. The number of benzene rings is 1. The van der Waals surface area contributed by atoms with Crippen molar-refractivity contribution in [3.63, 3.8) is 0 Å². The third-order valence-corrected chi connectivity index (χ3v) is 4.85. The lowest BCUT2D eigenvalue weighted by atomic mass is 10.1. The molecule has 1 saturated heterocycles. The van der Waals surface area contributed by atoms with Crippen LogP contribution in [0.4, 0.5) is 15.8 Å². The summed E-state index contributed by atoms with van der Waals surface area (Å²) < 4.78 is 19.4. The summed E-state index contributed by atoms with van der Waals surface area (Å²) in [5.41, 5.74) is 1.45. The number of pyridine rings is 1. The summed E-state index contributed by atoms with van der Waals surface area (Å²) in [6, 6.07) is 9.85. The first kappa shape index (κ1) is 21.9. The number of halogens is 1. The van der Waals surface area contributed by atoms with Gasteiger partial charge in [-0.3, -0.25) is 19.5 Å². The number of rotatable bonds is 9. The Morgan fingerprint density at radius 3 is 2.63 bits per heavy atom. The fourth-order valence-corrected chi connectivity index (χ4v) is 3.20. The first-order valence-corrected chi connectivity index (χ1v) is 10.2. The van der Waals surface area contributed by atoms with E-state index in [0.29, 0.717) is 44.7 Å². The van der Waals surface area contributed by atoms with Crippen LogP contribution in [0.25, 0.3) is 0 Å². The zero-order chi connectivity index (χ0) is 21.2. The molecule has 160 valence electrons. The van der Waals surface area contributed by atoms with E-state index in [1.165, 1.54) is 18.2 Å². The van der Waals surface area contributed by atoms with Crippen molar-refractivity contribution in [3.05, 3.63) is 54.1 Å². The zero-order valence-electron chi connectivity index (χ0n) is 16.9. The van der Waals surface area contributed by atoms with Gasteiger partial charge in [-0.15, -0.1) is 0 Å². The van der Waals surface area contributed by atoms with Gasteiger partial charge >= 0.3 is 0 Å². The van der Waals surface area contributed by atoms with Gasteiger partial charge in [0.1, 0.15) is 5.82 Å². The minimum absolute atomic E-state index is 0.0632. The van der Waals surface area contributed by atoms with E-state index >= 15 is 0 Å². The van der Waals surface area contributed by atoms with Crippen LogP contribution in [0.2, 0.25) is 0 Å². The van der Waals surface area contributed by atoms with E-state index in [-0.39, 0.29) is 23.9 Å². The van der Waals surface area contributed by atoms with E-state index in [0.717, 1.165) is 18.8 Å². The first-order valence-electron chi connectivity index (χ1n) is 10.2. The number of carbonyl (C=O) groups excluding carboxylic acids is 2. The molecule has 8 heteroatoms. The number of ether oxygens (including phenoxy) is 1. The molecule has 0 radical (unpaired) electrons. The van der Waals surface area contributed by atoms with Crippen LogP contribution in [-0.2, 0) is 20.7 Å². The molecule has 1 aliphatic rings. The smallest absolute Gasteiger partial charge is 0.225 e. The second-order valence-electron chi connectivity index (χ2n) is 7.17. The number of hydrogen-bond donors (Lipinski definition) is 2. The molecule has 0 bridgehead atoms. The molecule has 3 rings (SSSR count). The molecule has 30 heavy (non-hydrogen) atoms. The molecule has 2 heterocycles. The van der Waals surface area contributed by atoms with Crippen LogP contribution in [0, 0.1) is 5.82 Å². The number of nitrogens with zero attached hydrogens (tertiary/aromatic N) is 2. The Kier molecular flexibility index (Phi) is 8.29. The minimum atomic E-state index is -0.539. The highest BCUT2D eigenvalue weighted by Gasteiger charge is 2.14. The Morgan fingerprint density at radius 2 is 1.87 bits per heavy atom. The highest BCUT2D eigenvalue weighted by molar-refractivity contribution is 5.94. The van der Waals surface area contributed by atoms with Crippen LogP contribution < -0.4 is 10.6 Å². The standard InChI is InChI=1S/C22H27FN4O3/c23-19-8-7-18(25-21(28)6-3-5-17-4-1-2-10-24-17)16-20(19)26-22(29)9-11-27-12-14-30-15-13-27/h1-2,4,7-8,10,16H,3,5-6,9,11-15H2,(H,25,28)(H,26,29). The molecular formula is C22H27FN4O3. The molecule has 0 spiro atoms. The van der Waals surface area contributed by atoms with E-state index in [9.17, 15) is 14.0 Å². The summed E-state index contributed by atoms with van der Waals surface area (Å²) in [6.45, 7) is 3.52. The number of morpholine rings is 1. The number of anilines is 2. The fraction of sp³-hybridized carbons (Fsp3) is 0.409. The molecule has 2 amide bonds. The lowest BCUT2D eigenvalue weighted by Gasteiger charge is -2.26. The normalized spacial score (nSPS) is 14.3. The van der Waals surface area contributed by atoms with E-state index < -0.39 is 5.82 Å².